The van der Waals surface area contributed by atoms with Crippen LogP contribution in [0.2, 0.25) is 5.02 Å². The molecule has 0 radical (unpaired) electrons. The summed E-state index contributed by atoms with van der Waals surface area (Å²) in [7, 11) is 0. The number of pyridine rings is 2. The first-order valence-corrected chi connectivity index (χ1v) is 7.05. The van der Waals surface area contributed by atoms with E-state index in [-0.39, 0.29) is 5.91 Å². The van der Waals surface area contributed by atoms with E-state index in [1.54, 1.807) is 42.6 Å². The summed E-state index contributed by atoms with van der Waals surface area (Å²) in [6, 6.07) is 17.7. The van der Waals surface area contributed by atoms with E-state index in [0.29, 0.717) is 22.1 Å². The zero-order valence-electron chi connectivity index (χ0n) is 11.5. The van der Waals surface area contributed by atoms with Crippen molar-refractivity contribution in [1.29, 1.82) is 0 Å². The van der Waals surface area contributed by atoms with E-state index in [1.807, 2.05) is 24.3 Å². The van der Waals surface area contributed by atoms with Crippen LogP contribution in [0.4, 0.5) is 5.69 Å². The van der Waals surface area contributed by atoms with Crippen molar-refractivity contribution in [2.24, 2.45) is 0 Å². The topological polar surface area (TPSA) is 54.9 Å². The van der Waals surface area contributed by atoms with E-state index in [0.717, 1.165) is 5.69 Å². The molecule has 4 nitrogen and oxygen atoms in total. The zero-order chi connectivity index (χ0) is 15.4. The Hall–Kier alpha value is -2.72. The smallest absolute Gasteiger partial charge is 0.274 e. The molecule has 108 valence electrons. The van der Waals surface area contributed by atoms with Crippen molar-refractivity contribution in [3.8, 4) is 11.4 Å². The molecule has 1 N–H and O–H groups in total. The summed E-state index contributed by atoms with van der Waals surface area (Å²) in [5.74, 6) is -0.278. The molecule has 3 aromatic rings. The minimum atomic E-state index is -0.278. The summed E-state index contributed by atoms with van der Waals surface area (Å²) in [4.78, 5) is 20.8. The van der Waals surface area contributed by atoms with Gasteiger partial charge in [0.2, 0.25) is 0 Å². The summed E-state index contributed by atoms with van der Waals surface area (Å²) in [5, 5.41) is 3.40. The van der Waals surface area contributed by atoms with Crippen LogP contribution in [0, 0.1) is 0 Å². The van der Waals surface area contributed by atoms with E-state index >= 15 is 0 Å². The average Bonchev–Trinajstić information content (AvgIpc) is 2.58. The number of hydrogen-bond acceptors (Lipinski definition) is 3. The lowest BCUT2D eigenvalue weighted by molar-refractivity contribution is 0.102. The van der Waals surface area contributed by atoms with Gasteiger partial charge in [0.25, 0.3) is 5.91 Å². The van der Waals surface area contributed by atoms with Crippen molar-refractivity contribution in [3.05, 3.63) is 77.6 Å². The third-order valence-electron chi connectivity index (χ3n) is 3.01. The SMILES string of the molecule is O=C(Nc1ccc(Cl)cc1)c1cccc(-c2ccccn2)n1. The maximum atomic E-state index is 12.3. The van der Waals surface area contributed by atoms with E-state index in [2.05, 4.69) is 15.3 Å². The van der Waals surface area contributed by atoms with Gasteiger partial charge in [-0.15, -0.1) is 0 Å². The first-order valence-electron chi connectivity index (χ1n) is 6.68. The van der Waals surface area contributed by atoms with E-state index in [9.17, 15) is 4.79 Å². The van der Waals surface area contributed by atoms with Crippen molar-refractivity contribution in [1.82, 2.24) is 9.97 Å². The number of nitrogens with zero attached hydrogens (tertiary/aromatic N) is 2. The number of carbonyl (C=O) groups excluding carboxylic acids is 1. The van der Waals surface area contributed by atoms with Gasteiger partial charge in [-0.2, -0.15) is 0 Å². The predicted octanol–water partition coefficient (Wildman–Crippen LogP) is 4.05. The number of carbonyl (C=O) groups is 1. The highest BCUT2D eigenvalue weighted by atomic mass is 35.5. The monoisotopic (exact) mass is 309 g/mol. The summed E-state index contributed by atoms with van der Waals surface area (Å²) < 4.78 is 0. The molecule has 0 bridgehead atoms. The van der Waals surface area contributed by atoms with Crippen LogP contribution < -0.4 is 5.32 Å². The summed E-state index contributed by atoms with van der Waals surface area (Å²) >= 11 is 5.82. The summed E-state index contributed by atoms with van der Waals surface area (Å²) in [5.41, 5.74) is 2.38. The first kappa shape index (κ1) is 14.2. The average molecular weight is 310 g/mol. The van der Waals surface area contributed by atoms with Gasteiger partial charge < -0.3 is 5.32 Å². The standard InChI is InChI=1S/C17H12ClN3O/c18-12-7-9-13(10-8-12)20-17(22)16-6-3-5-15(21-16)14-4-1-2-11-19-14/h1-11H,(H,20,22). The number of amides is 1. The zero-order valence-corrected chi connectivity index (χ0v) is 12.3. The molecule has 0 atom stereocenters. The number of anilines is 1. The van der Waals surface area contributed by atoms with Crippen LogP contribution in [0.5, 0.6) is 0 Å². The Balaban J connectivity index is 1.82. The highest BCUT2D eigenvalue weighted by Crippen LogP contribution is 2.16. The molecule has 0 aliphatic heterocycles. The van der Waals surface area contributed by atoms with Gasteiger partial charge in [-0.1, -0.05) is 23.7 Å². The number of nitrogens with one attached hydrogen (secondary N) is 1. The second kappa shape index (κ2) is 6.37. The fourth-order valence-electron chi connectivity index (χ4n) is 1.95. The lowest BCUT2D eigenvalue weighted by Gasteiger charge is -2.06. The molecule has 2 heterocycles. The van der Waals surface area contributed by atoms with E-state index < -0.39 is 0 Å². The molecular formula is C17H12ClN3O. The molecular weight excluding hydrogens is 298 g/mol. The van der Waals surface area contributed by atoms with E-state index in [4.69, 9.17) is 11.6 Å². The van der Waals surface area contributed by atoms with Crippen molar-refractivity contribution in [3.63, 3.8) is 0 Å². The Bertz CT molecular complexity index is 789. The molecule has 0 unspecified atom stereocenters. The van der Waals surface area contributed by atoms with Crippen LogP contribution in [0.1, 0.15) is 10.5 Å². The second-order valence-electron chi connectivity index (χ2n) is 4.58. The quantitative estimate of drug-likeness (QED) is 0.794. The van der Waals surface area contributed by atoms with Crippen molar-refractivity contribution in [2.45, 2.75) is 0 Å². The van der Waals surface area contributed by atoms with Gasteiger partial charge in [0.1, 0.15) is 5.69 Å². The molecule has 0 aliphatic rings. The van der Waals surface area contributed by atoms with Gasteiger partial charge in [0, 0.05) is 16.9 Å². The Morgan fingerprint density at radius 2 is 1.68 bits per heavy atom. The lowest BCUT2D eigenvalue weighted by Crippen LogP contribution is -2.13. The molecule has 0 saturated heterocycles. The molecule has 2 aromatic heterocycles. The van der Waals surface area contributed by atoms with Crippen LogP contribution in [-0.2, 0) is 0 Å². The molecule has 3 rings (SSSR count). The Morgan fingerprint density at radius 3 is 2.41 bits per heavy atom. The Labute approximate surface area is 132 Å². The van der Waals surface area contributed by atoms with Crippen LogP contribution >= 0.6 is 11.6 Å². The maximum Gasteiger partial charge on any atom is 0.274 e. The summed E-state index contributed by atoms with van der Waals surface area (Å²) in [6.07, 6.45) is 1.69. The minimum Gasteiger partial charge on any atom is -0.321 e. The molecule has 22 heavy (non-hydrogen) atoms. The fourth-order valence-corrected chi connectivity index (χ4v) is 2.07. The first-order chi connectivity index (χ1) is 10.7. The highest BCUT2D eigenvalue weighted by Gasteiger charge is 2.09. The molecule has 0 fully saturated rings. The Morgan fingerprint density at radius 1 is 0.909 bits per heavy atom. The van der Waals surface area contributed by atoms with Crippen molar-refractivity contribution < 1.29 is 4.79 Å². The van der Waals surface area contributed by atoms with Gasteiger partial charge >= 0.3 is 0 Å². The molecule has 1 amide bonds. The number of benzene rings is 1. The third-order valence-corrected chi connectivity index (χ3v) is 3.26. The van der Waals surface area contributed by atoms with E-state index in [1.165, 1.54) is 0 Å². The van der Waals surface area contributed by atoms with Crippen LogP contribution in [0.15, 0.2) is 66.9 Å². The van der Waals surface area contributed by atoms with Gasteiger partial charge in [0.15, 0.2) is 0 Å². The van der Waals surface area contributed by atoms with Gasteiger partial charge in [0.05, 0.1) is 11.4 Å². The number of aromatic nitrogens is 2. The number of rotatable bonds is 3. The molecule has 0 aliphatic carbocycles. The number of halogens is 1. The van der Waals surface area contributed by atoms with Crippen molar-refractivity contribution in [2.75, 3.05) is 5.32 Å². The van der Waals surface area contributed by atoms with Gasteiger partial charge in [-0.05, 0) is 48.5 Å². The van der Waals surface area contributed by atoms with Gasteiger partial charge in [-0.25, -0.2) is 4.98 Å². The highest BCUT2D eigenvalue weighted by molar-refractivity contribution is 6.30. The Kier molecular flexibility index (Phi) is 4.12. The maximum absolute atomic E-state index is 12.3. The molecule has 0 spiro atoms. The minimum absolute atomic E-state index is 0.278. The molecule has 0 saturated carbocycles. The van der Waals surface area contributed by atoms with Gasteiger partial charge in [-0.3, -0.25) is 9.78 Å². The lowest BCUT2D eigenvalue weighted by atomic mass is 10.2. The number of hydrogen-bond donors (Lipinski definition) is 1. The normalized spacial score (nSPS) is 10.2. The predicted molar refractivity (Wildman–Crippen MR) is 86.9 cm³/mol. The third kappa shape index (κ3) is 3.30. The fraction of sp³-hybridized carbons (Fsp3) is 0. The molecule has 5 heteroatoms. The van der Waals surface area contributed by atoms with Crippen LogP contribution in [-0.4, -0.2) is 15.9 Å². The van der Waals surface area contributed by atoms with Crippen LogP contribution in [0.25, 0.3) is 11.4 Å². The second-order valence-corrected chi connectivity index (χ2v) is 5.02. The molecule has 1 aromatic carbocycles. The van der Waals surface area contributed by atoms with Crippen LogP contribution in [0.3, 0.4) is 0 Å². The largest absolute Gasteiger partial charge is 0.321 e. The summed E-state index contributed by atoms with van der Waals surface area (Å²) in [6.45, 7) is 0. The van der Waals surface area contributed by atoms with Crippen molar-refractivity contribution >= 4 is 23.2 Å².